The summed E-state index contributed by atoms with van der Waals surface area (Å²) in [6.45, 7) is 0.487. The monoisotopic (exact) mass is 363 g/mol. The molecule has 132 valence electrons. The molecule has 0 fully saturated rings. The van der Waals surface area contributed by atoms with Crippen molar-refractivity contribution in [3.63, 3.8) is 0 Å². The number of benzene rings is 3. The first-order valence-electron chi connectivity index (χ1n) is 8.43. The van der Waals surface area contributed by atoms with Gasteiger partial charge in [-0.25, -0.2) is 0 Å². The largest absolute Gasteiger partial charge is 0.497 e. The van der Waals surface area contributed by atoms with Gasteiger partial charge >= 0.3 is 0 Å². The van der Waals surface area contributed by atoms with E-state index in [0.29, 0.717) is 12.1 Å². The molecule has 0 aliphatic heterocycles. The molecule has 4 heteroatoms. The van der Waals surface area contributed by atoms with Crippen LogP contribution >= 0.6 is 11.8 Å². The smallest absolute Gasteiger partial charge is 0.252 e. The number of amides is 1. The molecule has 1 N–H and O–H groups in total. The maximum atomic E-state index is 12.6. The minimum Gasteiger partial charge on any atom is -0.497 e. The van der Waals surface area contributed by atoms with E-state index in [0.717, 1.165) is 22.0 Å². The maximum Gasteiger partial charge on any atom is 0.252 e. The third-order valence-corrected chi connectivity index (χ3v) is 5.13. The zero-order valence-electron chi connectivity index (χ0n) is 14.6. The summed E-state index contributed by atoms with van der Waals surface area (Å²) in [7, 11) is 1.64. The molecule has 0 unspecified atom stereocenters. The van der Waals surface area contributed by atoms with Gasteiger partial charge in [0.2, 0.25) is 0 Å². The Hall–Kier alpha value is -2.72. The summed E-state index contributed by atoms with van der Waals surface area (Å²) < 4.78 is 5.15. The molecule has 3 aromatic carbocycles. The van der Waals surface area contributed by atoms with E-state index in [1.165, 1.54) is 5.56 Å². The quantitative estimate of drug-likeness (QED) is 0.606. The number of hydrogen-bond acceptors (Lipinski definition) is 3. The van der Waals surface area contributed by atoms with Crippen LogP contribution in [0.15, 0.2) is 83.8 Å². The number of thioether (sulfide) groups is 1. The summed E-state index contributed by atoms with van der Waals surface area (Å²) in [6, 6.07) is 25.7. The van der Waals surface area contributed by atoms with Crippen LogP contribution in [0.1, 0.15) is 21.5 Å². The third-order valence-electron chi connectivity index (χ3n) is 3.98. The predicted octanol–water partition coefficient (Wildman–Crippen LogP) is 4.92. The molecule has 0 atom stereocenters. The zero-order valence-corrected chi connectivity index (χ0v) is 15.5. The van der Waals surface area contributed by atoms with Gasteiger partial charge in [0.05, 0.1) is 12.7 Å². The molecule has 0 aliphatic carbocycles. The summed E-state index contributed by atoms with van der Waals surface area (Å²) in [5.41, 5.74) is 2.99. The first kappa shape index (κ1) is 18.1. The van der Waals surface area contributed by atoms with Gasteiger partial charge in [-0.15, -0.1) is 11.8 Å². The van der Waals surface area contributed by atoms with Gasteiger partial charge in [0.25, 0.3) is 5.91 Å². The van der Waals surface area contributed by atoms with Gasteiger partial charge in [-0.2, -0.15) is 0 Å². The molecule has 3 nitrogen and oxygen atoms in total. The van der Waals surface area contributed by atoms with Crippen molar-refractivity contribution in [3.8, 4) is 5.75 Å². The van der Waals surface area contributed by atoms with Crippen LogP contribution in [0.5, 0.6) is 5.75 Å². The number of methoxy groups -OCH3 is 1. The Balaban J connectivity index is 1.63. The van der Waals surface area contributed by atoms with Crippen molar-refractivity contribution in [2.75, 3.05) is 7.11 Å². The van der Waals surface area contributed by atoms with E-state index in [2.05, 4.69) is 17.4 Å². The zero-order chi connectivity index (χ0) is 18.2. The summed E-state index contributed by atoms with van der Waals surface area (Å²) in [6.07, 6.45) is 0. The predicted molar refractivity (Wildman–Crippen MR) is 107 cm³/mol. The number of hydrogen-bond donors (Lipinski definition) is 1. The molecular formula is C22H21NO2S. The Morgan fingerprint density at radius 3 is 2.31 bits per heavy atom. The van der Waals surface area contributed by atoms with Crippen LogP contribution in [0.3, 0.4) is 0 Å². The Morgan fingerprint density at radius 2 is 1.58 bits per heavy atom. The van der Waals surface area contributed by atoms with Crippen molar-refractivity contribution < 1.29 is 9.53 Å². The molecule has 0 saturated heterocycles. The van der Waals surface area contributed by atoms with Crippen LogP contribution in [0.25, 0.3) is 0 Å². The fourth-order valence-electron chi connectivity index (χ4n) is 2.54. The van der Waals surface area contributed by atoms with Crippen molar-refractivity contribution in [2.45, 2.75) is 17.2 Å². The lowest BCUT2D eigenvalue weighted by Crippen LogP contribution is -2.23. The van der Waals surface area contributed by atoms with E-state index >= 15 is 0 Å². The van der Waals surface area contributed by atoms with Crippen molar-refractivity contribution in [1.29, 1.82) is 0 Å². The molecule has 0 bridgehead atoms. The second-order valence-corrected chi connectivity index (χ2v) is 6.82. The van der Waals surface area contributed by atoms with Crippen LogP contribution in [0.4, 0.5) is 0 Å². The summed E-state index contributed by atoms with van der Waals surface area (Å²) >= 11 is 1.68. The highest BCUT2D eigenvalue weighted by Crippen LogP contribution is 2.26. The molecule has 0 saturated carbocycles. The molecule has 0 spiro atoms. The highest BCUT2D eigenvalue weighted by atomic mass is 32.2. The molecular weight excluding hydrogens is 342 g/mol. The second-order valence-electron chi connectivity index (χ2n) is 5.80. The highest BCUT2D eigenvalue weighted by Gasteiger charge is 2.11. The number of carbonyl (C=O) groups is 1. The van der Waals surface area contributed by atoms with Crippen LogP contribution in [0.2, 0.25) is 0 Å². The average molecular weight is 363 g/mol. The summed E-state index contributed by atoms with van der Waals surface area (Å²) in [4.78, 5) is 13.6. The van der Waals surface area contributed by atoms with E-state index in [-0.39, 0.29) is 5.91 Å². The Kier molecular flexibility index (Phi) is 6.34. The number of ether oxygens (including phenoxy) is 1. The molecule has 0 radical (unpaired) electrons. The minimum absolute atomic E-state index is 0.0584. The van der Waals surface area contributed by atoms with Gasteiger partial charge in [0, 0.05) is 17.2 Å². The van der Waals surface area contributed by atoms with Crippen LogP contribution in [0, 0.1) is 0 Å². The first-order valence-corrected chi connectivity index (χ1v) is 9.41. The summed E-state index contributed by atoms with van der Waals surface area (Å²) in [5.74, 6) is 1.59. The molecule has 3 aromatic rings. The normalized spacial score (nSPS) is 10.3. The lowest BCUT2D eigenvalue weighted by molar-refractivity contribution is 0.0948. The lowest BCUT2D eigenvalue weighted by atomic mass is 10.2. The van der Waals surface area contributed by atoms with E-state index in [4.69, 9.17) is 4.74 Å². The fraction of sp³-hybridized carbons (Fsp3) is 0.136. The van der Waals surface area contributed by atoms with Gasteiger partial charge in [-0.3, -0.25) is 4.79 Å². The Bertz CT molecular complexity index is 848. The number of carbonyl (C=O) groups excluding carboxylic acids is 1. The SMILES string of the molecule is COc1ccc(CNC(=O)c2ccccc2SCc2ccccc2)cc1. The molecule has 0 aromatic heterocycles. The average Bonchev–Trinajstić information content (AvgIpc) is 2.72. The second kappa shape index (κ2) is 9.11. The van der Waals surface area contributed by atoms with E-state index in [1.54, 1.807) is 18.9 Å². The Morgan fingerprint density at radius 1 is 0.885 bits per heavy atom. The third kappa shape index (κ3) is 4.90. The van der Waals surface area contributed by atoms with E-state index in [1.807, 2.05) is 66.7 Å². The van der Waals surface area contributed by atoms with Gasteiger partial charge in [-0.05, 0) is 35.4 Å². The van der Waals surface area contributed by atoms with Gasteiger partial charge < -0.3 is 10.1 Å². The maximum absolute atomic E-state index is 12.6. The van der Waals surface area contributed by atoms with Gasteiger partial charge in [0.15, 0.2) is 0 Å². The van der Waals surface area contributed by atoms with Gasteiger partial charge in [-0.1, -0.05) is 54.6 Å². The molecule has 3 rings (SSSR count). The van der Waals surface area contributed by atoms with Crippen LogP contribution < -0.4 is 10.1 Å². The van der Waals surface area contributed by atoms with Crippen molar-refractivity contribution >= 4 is 17.7 Å². The number of nitrogens with one attached hydrogen (secondary N) is 1. The van der Waals surface area contributed by atoms with Crippen molar-refractivity contribution in [3.05, 3.63) is 95.6 Å². The van der Waals surface area contributed by atoms with E-state index < -0.39 is 0 Å². The molecule has 26 heavy (non-hydrogen) atoms. The summed E-state index contributed by atoms with van der Waals surface area (Å²) in [5, 5.41) is 3.00. The van der Waals surface area contributed by atoms with Crippen LogP contribution in [-0.2, 0) is 12.3 Å². The lowest BCUT2D eigenvalue weighted by Gasteiger charge is -2.10. The van der Waals surface area contributed by atoms with Crippen molar-refractivity contribution in [2.24, 2.45) is 0 Å². The number of rotatable bonds is 7. The standard InChI is InChI=1S/C22H21NO2S/c1-25-19-13-11-17(12-14-19)15-23-22(24)20-9-5-6-10-21(20)26-16-18-7-3-2-4-8-18/h2-14H,15-16H2,1H3,(H,23,24). The van der Waals surface area contributed by atoms with E-state index in [9.17, 15) is 4.79 Å². The first-order chi connectivity index (χ1) is 12.8. The molecule has 1 amide bonds. The minimum atomic E-state index is -0.0584. The van der Waals surface area contributed by atoms with Crippen LogP contribution in [-0.4, -0.2) is 13.0 Å². The molecule has 0 aliphatic rings. The molecule has 0 heterocycles. The van der Waals surface area contributed by atoms with Gasteiger partial charge in [0.1, 0.15) is 5.75 Å². The topological polar surface area (TPSA) is 38.3 Å². The Labute approximate surface area is 158 Å². The fourth-order valence-corrected chi connectivity index (χ4v) is 3.54. The highest BCUT2D eigenvalue weighted by molar-refractivity contribution is 7.98. The van der Waals surface area contributed by atoms with Crippen molar-refractivity contribution in [1.82, 2.24) is 5.32 Å².